The molecule has 2 aromatic heterocycles. The molecule has 2 heterocycles. The lowest BCUT2D eigenvalue weighted by Gasteiger charge is -2.16. The molecular weight excluding hydrogens is 402 g/mol. The van der Waals surface area contributed by atoms with E-state index < -0.39 is 5.25 Å². The van der Waals surface area contributed by atoms with Gasteiger partial charge in [-0.25, -0.2) is 4.68 Å². The Bertz CT molecular complexity index is 1090. The van der Waals surface area contributed by atoms with Gasteiger partial charge in [-0.15, -0.1) is 21.5 Å². The monoisotopic (exact) mass is 421 g/mol. The van der Waals surface area contributed by atoms with Gasteiger partial charge in [-0.2, -0.15) is 0 Å². The van der Waals surface area contributed by atoms with Crippen LogP contribution in [0.15, 0.2) is 77.3 Å². The highest BCUT2D eigenvalue weighted by atomic mass is 32.2. The smallest absolute Gasteiger partial charge is 0.242 e. The summed E-state index contributed by atoms with van der Waals surface area (Å²) in [5, 5.41) is 13.3. The minimum atomic E-state index is -0.528. The van der Waals surface area contributed by atoms with E-state index in [1.807, 2.05) is 79.0 Å². The Kier molecular flexibility index (Phi) is 5.64. The first-order valence-corrected chi connectivity index (χ1v) is 10.7. The molecule has 4 rings (SSSR count). The summed E-state index contributed by atoms with van der Waals surface area (Å²) in [5.74, 6) is 6.67. The molecule has 0 saturated heterocycles. The van der Waals surface area contributed by atoms with Gasteiger partial charge in [0.2, 0.25) is 11.1 Å². The molecule has 6 nitrogen and oxygen atoms in total. The van der Waals surface area contributed by atoms with Crippen LogP contribution in [0.25, 0.3) is 10.7 Å². The molecule has 0 aliphatic heterocycles. The van der Waals surface area contributed by atoms with Crippen molar-refractivity contribution in [3.63, 3.8) is 0 Å². The van der Waals surface area contributed by atoms with E-state index in [9.17, 15) is 4.79 Å². The standard InChI is InChI=1S/C21H19N5OS2/c1-14-9-11-16(12-10-14)23-20(27)18(15-6-3-2-4-7-15)29-21-25-24-19(26(21)22)17-8-5-13-28-17/h2-13,18H,22H2,1H3,(H,23,27). The van der Waals surface area contributed by atoms with E-state index in [1.165, 1.54) is 27.8 Å². The van der Waals surface area contributed by atoms with Crippen molar-refractivity contribution < 1.29 is 4.79 Å². The Morgan fingerprint density at radius 3 is 2.52 bits per heavy atom. The highest BCUT2D eigenvalue weighted by Gasteiger charge is 2.26. The average Bonchev–Trinajstić information content (AvgIpc) is 3.38. The molecule has 8 heteroatoms. The summed E-state index contributed by atoms with van der Waals surface area (Å²) in [5.41, 5.74) is 2.74. The summed E-state index contributed by atoms with van der Waals surface area (Å²) in [6.45, 7) is 2.01. The third kappa shape index (κ3) is 4.33. The Balaban J connectivity index is 1.61. The maximum atomic E-state index is 13.1. The van der Waals surface area contributed by atoms with E-state index in [1.54, 1.807) is 0 Å². The minimum Gasteiger partial charge on any atom is -0.335 e. The van der Waals surface area contributed by atoms with Crippen molar-refractivity contribution in [3.8, 4) is 10.7 Å². The lowest BCUT2D eigenvalue weighted by Crippen LogP contribution is -2.20. The molecule has 0 bridgehead atoms. The van der Waals surface area contributed by atoms with E-state index >= 15 is 0 Å². The molecule has 1 atom stereocenters. The Morgan fingerprint density at radius 1 is 1.07 bits per heavy atom. The van der Waals surface area contributed by atoms with E-state index in [0.717, 1.165) is 21.7 Å². The van der Waals surface area contributed by atoms with Crippen LogP contribution in [-0.4, -0.2) is 20.8 Å². The second-order valence-corrected chi connectivity index (χ2v) is 8.44. The van der Waals surface area contributed by atoms with Crippen LogP contribution in [0.5, 0.6) is 0 Å². The number of nitrogens with zero attached hydrogens (tertiary/aromatic N) is 3. The van der Waals surface area contributed by atoms with Crippen molar-refractivity contribution in [1.82, 2.24) is 14.9 Å². The minimum absolute atomic E-state index is 0.147. The number of rotatable bonds is 6. The van der Waals surface area contributed by atoms with Gasteiger partial charge < -0.3 is 11.2 Å². The first kappa shape index (κ1) is 19.2. The van der Waals surface area contributed by atoms with Gasteiger partial charge in [-0.3, -0.25) is 4.79 Å². The van der Waals surface area contributed by atoms with Gasteiger partial charge in [-0.1, -0.05) is 65.9 Å². The van der Waals surface area contributed by atoms with Crippen molar-refractivity contribution in [2.45, 2.75) is 17.3 Å². The largest absolute Gasteiger partial charge is 0.335 e. The van der Waals surface area contributed by atoms with Crippen LogP contribution >= 0.6 is 23.1 Å². The van der Waals surface area contributed by atoms with Crippen LogP contribution < -0.4 is 11.2 Å². The van der Waals surface area contributed by atoms with Crippen molar-refractivity contribution in [1.29, 1.82) is 0 Å². The Labute approximate surface area is 176 Å². The predicted molar refractivity (Wildman–Crippen MR) is 118 cm³/mol. The number of nitrogens with one attached hydrogen (secondary N) is 1. The fraction of sp³-hybridized carbons (Fsp3) is 0.0952. The van der Waals surface area contributed by atoms with Gasteiger partial charge in [0, 0.05) is 5.69 Å². The SMILES string of the molecule is Cc1ccc(NC(=O)C(Sc2nnc(-c3cccs3)n2N)c2ccccc2)cc1. The van der Waals surface area contributed by atoms with Crippen molar-refractivity contribution in [2.75, 3.05) is 11.2 Å². The summed E-state index contributed by atoms with van der Waals surface area (Å²) in [7, 11) is 0. The summed E-state index contributed by atoms with van der Waals surface area (Å²) < 4.78 is 1.44. The van der Waals surface area contributed by atoms with Crippen LogP contribution in [0.4, 0.5) is 5.69 Å². The number of aryl methyl sites for hydroxylation is 1. The lowest BCUT2D eigenvalue weighted by molar-refractivity contribution is -0.115. The second kappa shape index (κ2) is 8.50. The van der Waals surface area contributed by atoms with Crippen LogP contribution in [0.2, 0.25) is 0 Å². The molecule has 4 aromatic rings. The van der Waals surface area contributed by atoms with Gasteiger partial charge in [-0.05, 0) is 36.1 Å². The molecular formula is C21H19N5OS2. The van der Waals surface area contributed by atoms with Crippen molar-refractivity contribution in [2.24, 2.45) is 0 Å². The van der Waals surface area contributed by atoms with E-state index in [-0.39, 0.29) is 5.91 Å². The number of thioether (sulfide) groups is 1. The predicted octanol–water partition coefficient (Wildman–Crippen LogP) is 4.50. The summed E-state index contributed by atoms with van der Waals surface area (Å²) >= 11 is 2.81. The molecule has 29 heavy (non-hydrogen) atoms. The molecule has 3 N–H and O–H groups in total. The number of aromatic nitrogens is 3. The van der Waals surface area contributed by atoms with E-state index in [2.05, 4.69) is 15.5 Å². The fourth-order valence-electron chi connectivity index (χ4n) is 2.78. The maximum absolute atomic E-state index is 13.1. The van der Waals surface area contributed by atoms with Crippen LogP contribution in [-0.2, 0) is 4.79 Å². The number of carbonyl (C=O) groups excluding carboxylic acids is 1. The molecule has 0 aliphatic carbocycles. The Hall–Kier alpha value is -3.10. The molecule has 0 radical (unpaired) electrons. The van der Waals surface area contributed by atoms with E-state index in [0.29, 0.717) is 11.0 Å². The number of nitrogens with two attached hydrogens (primary N) is 1. The molecule has 0 aliphatic rings. The zero-order chi connectivity index (χ0) is 20.2. The first-order chi connectivity index (χ1) is 14.1. The number of hydrogen-bond acceptors (Lipinski definition) is 6. The molecule has 1 unspecified atom stereocenters. The number of anilines is 1. The lowest BCUT2D eigenvalue weighted by atomic mass is 10.1. The molecule has 0 fully saturated rings. The zero-order valence-corrected chi connectivity index (χ0v) is 17.3. The van der Waals surface area contributed by atoms with Gasteiger partial charge in [0.05, 0.1) is 4.88 Å². The van der Waals surface area contributed by atoms with Gasteiger partial charge >= 0.3 is 0 Å². The maximum Gasteiger partial charge on any atom is 0.242 e. The number of carbonyl (C=O) groups is 1. The zero-order valence-electron chi connectivity index (χ0n) is 15.6. The van der Waals surface area contributed by atoms with Crippen LogP contribution in [0, 0.1) is 6.92 Å². The summed E-state index contributed by atoms with van der Waals surface area (Å²) in [4.78, 5) is 14.0. The highest BCUT2D eigenvalue weighted by Crippen LogP contribution is 2.36. The quantitative estimate of drug-likeness (QED) is 0.354. The number of thiophene rings is 1. The highest BCUT2D eigenvalue weighted by molar-refractivity contribution is 8.00. The second-order valence-electron chi connectivity index (χ2n) is 6.42. The third-order valence-electron chi connectivity index (χ3n) is 4.29. The number of benzene rings is 2. The normalized spacial score (nSPS) is 11.9. The van der Waals surface area contributed by atoms with Crippen LogP contribution in [0.3, 0.4) is 0 Å². The number of nitrogen functional groups attached to an aromatic ring is 1. The number of hydrogen-bond donors (Lipinski definition) is 2. The fourth-order valence-corrected chi connectivity index (χ4v) is 4.45. The number of amides is 1. The van der Waals surface area contributed by atoms with Gasteiger partial charge in [0.1, 0.15) is 5.25 Å². The van der Waals surface area contributed by atoms with Gasteiger partial charge in [0.25, 0.3) is 0 Å². The summed E-state index contributed by atoms with van der Waals surface area (Å²) in [6, 6.07) is 21.2. The van der Waals surface area contributed by atoms with Crippen molar-refractivity contribution >= 4 is 34.7 Å². The first-order valence-electron chi connectivity index (χ1n) is 8.95. The summed E-state index contributed by atoms with van der Waals surface area (Å²) in [6.07, 6.45) is 0. The topological polar surface area (TPSA) is 85.8 Å². The van der Waals surface area contributed by atoms with Gasteiger partial charge in [0.15, 0.2) is 5.82 Å². The average molecular weight is 422 g/mol. The van der Waals surface area contributed by atoms with Crippen molar-refractivity contribution in [3.05, 3.63) is 83.2 Å². The molecule has 146 valence electrons. The molecule has 2 aromatic carbocycles. The molecule has 0 spiro atoms. The molecule has 1 amide bonds. The van der Waals surface area contributed by atoms with Crippen LogP contribution in [0.1, 0.15) is 16.4 Å². The molecule has 0 saturated carbocycles. The Morgan fingerprint density at radius 2 is 1.83 bits per heavy atom. The third-order valence-corrected chi connectivity index (χ3v) is 6.37. The van der Waals surface area contributed by atoms with E-state index in [4.69, 9.17) is 5.84 Å².